The number of hydrogen-bond donors (Lipinski definition) is 0. The molecule has 0 amide bonds. The van der Waals surface area contributed by atoms with Gasteiger partial charge in [-0.3, -0.25) is 0 Å². The van der Waals surface area contributed by atoms with Gasteiger partial charge >= 0.3 is 0 Å². The van der Waals surface area contributed by atoms with Crippen LogP contribution < -0.4 is 0 Å². The first-order valence-corrected chi connectivity index (χ1v) is 16.4. The molecule has 0 aromatic carbocycles. The van der Waals surface area contributed by atoms with Crippen LogP contribution in [0.15, 0.2) is 11.4 Å². The average molecular weight is 491 g/mol. The standard InChI is InChI=1S/C33H66N2/c1-7-13-19-25-31-32(26-20-14-8-2)35(30-24-18-12-6)33(27-21-15-9-3,28-22-16-10-4)34(31)29-23-17-11-5/h7-30H2,1-6H3. The smallest absolute Gasteiger partial charge is 0.112 e. The Morgan fingerprint density at radius 3 is 1.06 bits per heavy atom. The molecule has 35 heavy (non-hydrogen) atoms. The first-order chi connectivity index (χ1) is 17.2. The van der Waals surface area contributed by atoms with Gasteiger partial charge in [-0.15, -0.1) is 0 Å². The van der Waals surface area contributed by atoms with Gasteiger partial charge in [0.15, 0.2) is 0 Å². The van der Waals surface area contributed by atoms with Crippen molar-refractivity contribution in [3.8, 4) is 0 Å². The van der Waals surface area contributed by atoms with Crippen LogP contribution in [0.25, 0.3) is 0 Å². The lowest BCUT2D eigenvalue weighted by Gasteiger charge is -2.49. The van der Waals surface area contributed by atoms with Crippen molar-refractivity contribution in [2.45, 2.75) is 188 Å². The highest BCUT2D eigenvalue weighted by atomic mass is 15.5. The van der Waals surface area contributed by atoms with E-state index < -0.39 is 0 Å². The molecule has 1 aliphatic rings. The lowest BCUT2D eigenvalue weighted by atomic mass is 9.91. The van der Waals surface area contributed by atoms with E-state index in [4.69, 9.17) is 0 Å². The number of nitrogens with zero attached hydrogens (tertiary/aromatic N) is 2. The van der Waals surface area contributed by atoms with Crippen LogP contribution in [-0.2, 0) is 0 Å². The van der Waals surface area contributed by atoms with E-state index in [9.17, 15) is 0 Å². The normalized spacial score (nSPS) is 15.6. The molecule has 0 aromatic heterocycles. The highest BCUT2D eigenvalue weighted by Gasteiger charge is 2.48. The zero-order valence-corrected chi connectivity index (χ0v) is 25.4. The van der Waals surface area contributed by atoms with E-state index in [1.165, 1.54) is 154 Å². The van der Waals surface area contributed by atoms with Crippen LogP contribution in [0.2, 0.25) is 0 Å². The minimum atomic E-state index is 0.259. The van der Waals surface area contributed by atoms with Crippen molar-refractivity contribution in [2.75, 3.05) is 13.1 Å². The Morgan fingerprint density at radius 1 is 0.400 bits per heavy atom. The molecule has 2 heteroatoms. The van der Waals surface area contributed by atoms with Gasteiger partial charge in [-0.05, 0) is 64.2 Å². The van der Waals surface area contributed by atoms with Crippen molar-refractivity contribution in [2.24, 2.45) is 0 Å². The van der Waals surface area contributed by atoms with Gasteiger partial charge in [-0.1, -0.05) is 119 Å². The second kappa shape index (κ2) is 20.4. The largest absolute Gasteiger partial charge is 0.351 e. The van der Waals surface area contributed by atoms with Gasteiger partial charge in [0.1, 0.15) is 5.66 Å². The number of rotatable bonds is 24. The van der Waals surface area contributed by atoms with Crippen LogP contribution in [0.4, 0.5) is 0 Å². The number of allylic oxidation sites excluding steroid dienone is 2. The molecule has 208 valence electrons. The summed E-state index contributed by atoms with van der Waals surface area (Å²) < 4.78 is 0. The quantitative estimate of drug-likeness (QED) is 0.124. The van der Waals surface area contributed by atoms with Gasteiger partial charge in [0.2, 0.25) is 0 Å². The predicted molar refractivity (Wildman–Crippen MR) is 159 cm³/mol. The van der Waals surface area contributed by atoms with Gasteiger partial charge in [0.05, 0.1) is 0 Å². The van der Waals surface area contributed by atoms with E-state index in [2.05, 4.69) is 51.3 Å². The van der Waals surface area contributed by atoms with Gasteiger partial charge in [-0.25, -0.2) is 0 Å². The van der Waals surface area contributed by atoms with Crippen molar-refractivity contribution in [3.63, 3.8) is 0 Å². The van der Waals surface area contributed by atoms with Crippen molar-refractivity contribution < 1.29 is 0 Å². The highest BCUT2D eigenvalue weighted by Crippen LogP contribution is 2.47. The third-order valence-electron chi connectivity index (χ3n) is 8.36. The monoisotopic (exact) mass is 491 g/mol. The molecule has 0 radical (unpaired) electrons. The second-order valence-corrected chi connectivity index (χ2v) is 11.4. The first-order valence-electron chi connectivity index (χ1n) is 16.4. The van der Waals surface area contributed by atoms with E-state index in [1.54, 1.807) is 11.4 Å². The van der Waals surface area contributed by atoms with Gasteiger partial charge in [-0.2, -0.15) is 0 Å². The zero-order valence-electron chi connectivity index (χ0n) is 25.4. The van der Waals surface area contributed by atoms with Crippen LogP contribution in [0.5, 0.6) is 0 Å². The lowest BCUT2D eigenvalue weighted by molar-refractivity contribution is -0.00949. The molecule has 0 saturated heterocycles. The van der Waals surface area contributed by atoms with Crippen LogP contribution in [0.3, 0.4) is 0 Å². The summed E-state index contributed by atoms with van der Waals surface area (Å²) in [6, 6.07) is 0. The Morgan fingerprint density at radius 2 is 0.714 bits per heavy atom. The molecule has 0 aromatic rings. The molecule has 0 bridgehead atoms. The molecule has 2 nitrogen and oxygen atoms in total. The minimum absolute atomic E-state index is 0.259. The van der Waals surface area contributed by atoms with E-state index in [0.717, 1.165) is 0 Å². The summed E-state index contributed by atoms with van der Waals surface area (Å²) in [7, 11) is 0. The topological polar surface area (TPSA) is 6.48 Å². The van der Waals surface area contributed by atoms with E-state index in [1.807, 2.05) is 0 Å². The second-order valence-electron chi connectivity index (χ2n) is 11.4. The Bertz CT molecular complexity index is 477. The number of unbranched alkanes of at least 4 members (excludes halogenated alkanes) is 12. The third-order valence-corrected chi connectivity index (χ3v) is 8.36. The SMILES string of the molecule is CCCCCC1=C(CCCCC)N(CCCCC)C(CCCCC)(CCCCC)N1CCCCC. The number of hydrogen-bond acceptors (Lipinski definition) is 2. The van der Waals surface area contributed by atoms with Crippen molar-refractivity contribution >= 4 is 0 Å². The molecule has 0 N–H and O–H groups in total. The molecule has 0 atom stereocenters. The average Bonchev–Trinajstić information content (AvgIpc) is 3.08. The highest BCUT2D eigenvalue weighted by molar-refractivity contribution is 5.25. The Labute approximate surface area is 222 Å². The van der Waals surface area contributed by atoms with Gasteiger partial charge in [0, 0.05) is 24.5 Å². The zero-order chi connectivity index (χ0) is 25.8. The van der Waals surface area contributed by atoms with Crippen molar-refractivity contribution in [1.82, 2.24) is 9.80 Å². The maximum atomic E-state index is 3.05. The minimum Gasteiger partial charge on any atom is -0.351 e. The van der Waals surface area contributed by atoms with Crippen LogP contribution in [0.1, 0.15) is 183 Å². The predicted octanol–water partition coefficient (Wildman–Crippen LogP) is 11.2. The summed E-state index contributed by atoms with van der Waals surface area (Å²) in [6.07, 6.45) is 29.9. The van der Waals surface area contributed by atoms with Crippen LogP contribution in [0, 0.1) is 0 Å². The maximum absolute atomic E-state index is 3.05. The van der Waals surface area contributed by atoms with Gasteiger partial charge < -0.3 is 9.80 Å². The molecule has 1 aliphatic heterocycles. The van der Waals surface area contributed by atoms with E-state index in [0.29, 0.717) is 0 Å². The molecule has 0 fully saturated rings. The van der Waals surface area contributed by atoms with E-state index >= 15 is 0 Å². The summed E-state index contributed by atoms with van der Waals surface area (Å²) in [5, 5.41) is 0. The van der Waals surface area contributed by atoms with Crippen LogP contribution in [-0.4, -0.2) is 28.6 Å². The molecule has 1 rings (SSSR count). The summed E-state index contributed by atoms with van der Waals surface area (Å²) >= 11 is 0. The molecule has 0 spiro atoms. The molecular weight excluding hydrogens is 424 g/mol. The summed E-state index contributed by atoms with van der Waals surface area (Å²) in [6.45, 7) is 16.8. The summed E-state index contributed by atoms with van der Waals surface area (Å²) in [4.78, 5) is 6.10. The first kappa shape index (κ1) is 32.4. The van der Waals surface area contributed by atoms with Crippen molar-refractivity contribution in [1.29, 1.82) is 0 Å². The van der Waals surface area contributed by atoms with Crippen LogP contribution >= 0.6 is 0 Å². The Kier molecular flexibility index (Phi) is 18.9. The van der Waals surface area contributed by atoms with E-state index in [-0.39, 0.29) is 5.66 Å². The maximum Gasteiger partial charge on any atom is 0.112 e. The molecule has 1 heterocycles. The molecule has 0 aliphatic carbocycles. The Hall–Kier alpha value is -0.660. The molecule has 0 saturated carbocycles. The lowest BCUT2D eigenvalue weighted by Crippen LogP contribution is -2.55. The molecule has 0 unspecified atom stereocenters. The summed E-state index contributed by atoms with van der Waals surface area (Å²) in [5.41, 5.74) is 3.83. The van der Waals surface area contributed by atoms with Crippen molar-refractivity contribution in [3.05, 3.63) is 11.4 Å². The fourth-order valence-corrected chi connectivity index (χ4v) is 6.31. The summed E-state index contributed by atoms with van der Waals surface area (Å²) in [5.74, 6) is 0. The Balaban J connectivity index is 3.49. The third kappa shape index (κ3) is 10.7. The fourth-order valence-electron chi connectivity index (χ4n) is 6.31. The molecular formula is C33H66N2. The fraction of sp³-hybridized carbons (Fsp3) is 0.939. The van der Waals surface area contributed by atoms with Gasteiger partial charge in [0.25, 0.3) is 0 Å².